The average Bonchev–Trinajstić information content (AvgIpc) is 3.23. The van der Waals surface area contributed by atoms with Crippen LogP contribution in [0.4, 0.5) is 13.2 Å². The van der Waals surface area contributed by atoms with Gasteiger partial charge < -0.3 is 4.74 Å². The summed E-state index contributed by atoms with van der Waals surface area (Å²) in [6.45, 7) is 1.95. The van der Waals surface area contributed by atoms with Crippen LogP contribution in [-0.4, -0.2) is 38.9 Å². The third-order valence-corrected chi connectivity index (χ3v) is 4.25. The molecule has 0 radical (unpaired) electrons. The van der Waals surface area contributed by atoms with Gasteiger partial charge >= 0.3 is 6.18 Å². The molecule has 1 aromatic carbocycles. The number of halogens is 3. The summed E-state index contributed by atoms with van der Waals surface area (Å²) in [6, 6.07) is 9.06. The van der Waals surface area contributed by atoms with Crippen LogP contribution in [0.1, 0.15) is 38.9 Å². The monoisotopic (exact) mass is 434 g/mol. The number of hydrogen-bond acceptors (Lipinski definition) is 6. The van der Waals surface area contributed by atoms with Gasteiger partial charge in [0.05, 0.1) is 18.9 Å². The molecule has 2 aromatic heterocycles. The van der Waals surface area contributed by atoms with E-state index in [4.69, 9.17) is 4.74 Å². The molecule has 0 aliphatic rings. The van der Waals surface area contributed by atoms with Gasteiger partial charge in [0.2, 0.25) is 5.88 Å². The van der Waals surface area contributed by atoms with Gasteiger partial charge in [-0.25, -0.2) is 4.68 Å². The van der Waals surface area contributed by atoms with Crippen molar-refractivity contribution in [2.75, 3.05) is 7.11 Å². The number of methoxy groups -OCH3 is 1. The van der Waals surface area contributed by atoms with Crippen molar-refractivity contribution in [2.45, 2.75) is 19.5 Å². The zero-order valence-electron chi connectivity index (χ0n) is 16.4. The van der Waals surface area contributed by atoms with Gasteiger partial charge in [-0.2, -0.15) is 18.3 Å². The number of hydrazine groups is 1. The molecule has 2 amide bonds. The second kappa shape index (κ2) is 8.81. The Bertz CT molecular complexity index is 1080. The van der Waals surface area contributed by atoms with Gasteiger partial charge in [0.1, 0.15) is 0 Å². The Hall–Kier alpha value is -3.96. The van der Waals surface area contributed by atoms with E-state index in [-0.39, 0.29) is 17.3 Å². The summed E-state index contributed by atoms with van der Waals surface area (Å²) in [5.74, 6) is -2.05. The predicted molar refractivity (Wildman–Crippen MR) is 101 cm³/mol. The van der Waals surface area contributed by atoms with E-state index in [1.807, 2.05) is 12.3 Å². The molecule has 31 heavy (non-hydrogen) atoms. The lowest BCUT2D eigenvalue weighted by atomic mass is 10.1. The number of nitrogens with one attached hydrogen (secondary N) is 2. The molecule has 3 aromatic rings. The molecule has 0 saturated carbocycles. The van der Waals surface area contributed by atoms with Crippen LogP contribution >= 0.6 is 0 Å². The van der Waals surface area contributed by atoms with E-state index in [0.29, 0.717) is 4.68 Å². The summed E-state index contributed by atoms with van der Waals surface area (Å²) < 4.78 is 46.3. The summed E-state index contributed by atoms with van der Waals surface area (Å²) in [5.41, 5.74) is 3.13. The SMILES string of the molecule is CCc1ccc(C(=O)NNC(=O)c2cnn(-c3ccc(OC)nn3)c2C(F)(F)F)cc1. The Morgan fingerprint density at radius 2 is 1.71 bits per heavy atom. The minimum absolute atomic E-state index is 0.0945. The predicted octanol–water partition coefficient (Wildman–Crippen LogP) is 2.33. The molecular weight excluding hydrogens is 417 g/mol. The van der Waals surface area contributed by atoms with Crippen molar-refractivity contribution in [3.63, 3.8) is 0 Å². The van der Waals surface area contributed by atoms with Crippen molar-refractivity contribution in [3.05, 3.63) is 65.0 Å². The van der Waals surface area contributed by atoms with Gasteiger partial charge in [-0.05, 0) is 30.2 Å². The van der Waals surface area contributed by atoms with Crippen LogP contribution in [0.5, 0.6) is 5.88 Å². The molecule has 12 heteroatoms. The lowest BCUT2D eigenvalue weighted by Crippen LogP contribution is -2.42. The number of ether oxygens (including phenoxy) is 1. The topological polar surface area (TPSA) is 111 Å². The number of aryl methyl sites for hydroxylation is 1. The molecule has 3 rings (SSSR count). The minimum Gasteiger partial charge on any atom is -0.480 e. The third kappa shape index (κ3) is 4.79. The number of alkyl halides is 3. The highest BCUT2D eigenvalue weighted by Crippen LogP contribution is 2.33. The molecule has 0 aliphatic carbocycles. The summed E-state index contributed by atoms with van der Waals surface area (Å²) in [7, 11) is 1.33. The molecule has 2 heterocycles. The summed E-state index contributed by atoms with van der Waals surface area (Å²) in [4.78, 5) is 24.5. The molecule has 0 atom stereocenters. The minimum atomic E-state index is -4.94. The molecule has 0 saturated heterocycles. The summed E-state index contributed by atoms with van der Waals surface area (Å²) in [5, 5.41) is 10.8. The molecule has 0 unspecified atom stereocenters. The first-order valence-corrected chi connectivity index (χ1v) is 8.97. The smallest absolute Gasteiger partial charge is 0.434 e. The Morgan fingerprint density at radius 1 is 1.03 bits per heavy atom. The number of rotatable bonds is 5. The maximum Gasteiger partial charge on any atom is 0.434 e. The maximum atomic E-state index is 13.7. The second-order valence-corrected chi connectivity index (χ2v) is 6.21. The van der Waals surface area contributed by atoms with E-state index in [1.54, 1.807) is 24.3 Å². The lowest BCUT2D eigenvalue weighted by Gasteiger charge is -2.12. The number of carbonyl (C=O) groups excluding carboxylic acids is 2. The van der Waals surface area contributed by atoms with Gasteiger partial charge in [0, 0.05) is 11.6 Å². The van der Waals surface area contributed by atoms with Crippen LogP contribution in [0.25, 0.3) is 5.82 Å². The Balaban J connectivity index is 1.81. The number of hydrogen-bond donors (Lipinski definition) is 2. The molecule has 162 valence electrons. The van der Waals surface area contributed by atoms with Crippen LogP contribution in [0, 0.1) is 0 Å². The average molecular weight is 434 g/mol. The maximum absolute atomic E-state index is 13.7. The highest BCUT2D eigenvalue weighted by atomic mass is 19.4. The molecule has 2 N–H and O–H groups in total. The van der Waals surface area contributed by atoms with Crippen LogP contribution in [0.3, 0.4) is 0 Å². The van der Waals surface area contributed by atoms with Crippen LogP contribution in [0.2, 0.25) is 0 Å². The Labute approximate surface area is 174 Å². The fraction of sp³-hybridized carbons (Fsp3) is 0.211. The zero-order chi connectivity index (χ0) is 22.6. The van der Waals surface area contributed by atoms with Crippen LogP contribution in [0.15, 0.2) is 42.6 Å². The largest absolute Gasteiger partial charge is 0.480 e. The lowest BCUT2D eigenvalue weighted by molar-refractivity contribution is -0.143. The van der Waals surface area contributed by atoms with Crippen molar-refractivity contribution in [2.24, 2.45) is 0 Å². The second-order valence-electron chi connectivity index (χ2n) is 6.21. The quantitative estimate of drug-likeness (QED) is 0.597. The normalized spacial score (nSPS) is 11.1. The zero-order valence-corrected chi connectivity index (χ0v) is 16.4. The van der Waals surface area contributed by atoms with Crippen LogP contribution < -0.4 is 15.6 Å². The van der Waals surface area contributed by atoms with Crippen molar-refractivity contribution in [1.82, 2.24) is 30.8 Å². The Kier molecular flexibility index (Phi) is 6.18. The highest BCUT2D eigenvalue weighted by molar-refractivity contribution is 5.99. The molecule has 0 fully saturated rings. The first kappa shape index (κ1) is 21.7. The number of amides is 2. The van der Waals surface area contributed by atoms with E-state index in [1.165, 1.54) is 19.2 Å². The number of carbonyl (C=O) groups is 2. The van der Waals surface area contributed by atoms with E-state index < -0.39 is 29.2 Å². The van der Waals surface area contributed by atoms with Gasteiger partial charge in [0.25, 0.3) is 11.8 Å². The fourth-order valence-corrected chi connectivity index (χ4v) is 2.64. The summed E-state index contributed by atoms with van der Waals surface area (Å²) >= 11 is 0. The number of nitrogens with zero attached hydrogens (tertiary/aromatic N) is 4. The molecular formula is C19H17F3N6O3. The first-order valence-electron chi connectivity index (χ1n) is 8.97. The van der Waals surface area contributed by atoms with E-state index in [9.17, 15) is 22.8 Å². The Morgan fingerprint density at radius 3 is 2.26 bits per heavy atom. The fourth-order valence-electron chi connectivity index (χ4n) is 2.64. The van der Waals surface area contributed by atoms with E-state index in [0.717, 1.165) is 18.2 Å². The van der Waals surface area contributed by atoms with Crippen molar-refractivity contribution in [1.29, 1.82) is 0 Å². The van der Waals surface area contributed by atoms with E-state index in [2.05, 4.69) is 20.7 Å². The van der Waals surface area contributed by atoms with E-state index >= 15 is 0 Å². The highest BCUT2D eigenvalue weighted by Gasteiger charge is 2.41. The number of aromatic nitrogens is 4. The van der Waals surface area contributed by atoms with Gasteiger partial charge in [-0.3, -0.25) is 20.4 Å². The van der Waals surface area contributed by atoms with Crippen molar-refractivity contribution in [3.8, 4) is 11.7 Å². The third-order valence-electron chi connectivity index (χ3n) is 4.25. The summed E-state index contributed by atoms with van der Waals surface area (Å²) in [6.07, 6.45) is -3.43. The van der Waals surface area contributed by atoms with Gasteiger partial charge in [-0.15, -0.1) is 10.2 Å². The molecule has 0 aliphatic heterocycles. The standard InChI is InChI=1S/C19H17F3N6O3/c1-3-11-4-6-12(7-5-11)17(29)26-27-18(30)13-10-23-28(16(13)19(20,21)22)14-8-9-15(31-2)25-24-14/h4-10H,3H2,1-2H3,(H,26,29)(H,27,30). The molecule has 0 bridgehead atoms. The van der Waals surface area contributed by atoms with Crippen molar-refractivity contribution >= 4 is 11.8 Å². The van der Waals surface area contributed by atoms with Crippen LogP contribution in [-0.2, 0) is 12.6 Å². The van der Waals surface area contributed by atoms with Gasteiger partial charge in [-0.1, -0.05) is 19.1 Å². The molecule has 0 spiro atoms. The number of benzene rings is 1. The first-order chi connectivity index (χ1) is 14.7. The van der Waals surface area contributed by atoms with Crippen molar-refractivity contribution < 1.29 is 27.5 Å². The van der Waals surface area contributed by atoms with Gasteiger partial charge in [0.15, 0.2) is 11.5 Å². The molecule has 9 nitrogen and oxygen atoms in total.